The third kappa shape index (κ3) is 3.26. The molecule has 0 spiro atoms. The van der Waals surface area contributed by atoms with Crippen molar-refractivity contribution in [1.29, 1.82) is 0 Å². The van der Waals surface area contributed by atoms with Crippen LogP contribution in [-0.2, 0) is 9.84 Å². The van der Waals surface area contributed by atoms with Gasteiger partial charge in [0.2, 0.25) is 0 Å². The molecule has 2 rings (SSSR count). The summed E-state index contributed by atoms with van der Waals surface area (Å²) in [4.78, 5) is 0. The fourth-order valence-corrected chi connectivity index (χ4v) is 3.18. The second kappa shape index (κ2) is 5.37. The maximum absolute atomic E-state index is 11.4. The molecule has 1 heterocycles. The van der Waals surface area contributed by atoms with Crippen LogP contribution in [0.5, 0.6) is 0 Å². The lowest BCUT2D eigenvalue weighted by atomic mass is 10.2. The fraction of sp³-hybridized carbons (Fsp3) is 0.364. The molecule has 0 radical (unpaired) electrons. The van der Waals surface area contributed by atoms with Crippen LogP contribution in [0, 0.1) is 0 Å². The average molecular weight is 316 g/mol. The minimum atomic E-state index is -3.13. The number of aromatic nitrogens is 4. The Morgan fingerprint density at radius 1 is 1.45 bits per heavy atom. The first-order valence-electron chi connectivity index (χ1n) is 5.79. The molecule has 0 saturated heterocycles. The third-order valence-electron chi connectivity index (χ3n) is 2.69. The Labute approximate surface area is 121 Å². The number of nitrogens with two attached hydrogens (primary N) is 1. The van der Waals surface area contributed by atoms with Gasteiger partial charge in [-0.3, -0.25) is 0 Å². The van der Waals surface area contributed by atoms with Gasteiger partial charge in [0, 0.05) is 17.5 Å². The Kier molecular flexibility index (Phi) is 3.96. The normalized spacial score (nSPS) is 13.3. The summed E-state index contributed by atoms with van der Waals surface area (Å²) < 4.78 is 24.2. The van der Waals surface area contributed by atoms with E-state index in [0.29, 0.717) is 22.1 Å². The van der Waals surface area contributed by atoms with Gasteiger partial charge < -0.3 is 5.73 Å². The van der Waals surface area contributed by atoms with E-state index < -0.39 is 15.9 Å². The lowest BCUT2D eigenvalue weighted by Crippen LogP contribution is -2.18. The first kappa shape index (κ1) is 14.7. The minimum Gasteiger partial charge on any atom is -0.399 e. The summed E-state index contributed by atoms with van der Waals surface area (Å²) in [5.41, 5.74) is 6.77. The van der Waals surface area contributed by atoms with Gasteiger partial charge in [-0.05, 0) is 35.5 Å². The van der Waals surface area contributed by atoms with E-state index in [1.165, 1.54) is 10.9 Å². The van der Waals surface area contributed by atoms with E-state index in [1.807, 2.05) is 0 Å². The number of anilines is 1. The molecule has 108 valence electrons. The van der Waals surface area contributed by atoms with Gasteiger partial charge in [0.1, 0.15) is 9.84 Å². The number of rotatable bonds is 4. The molecule has 9 heteroatoms. The fourth-order valence-electron chi connectivity index (χ4n) is 1.89. The molecule has 2 N–H and O–H groups in total. The van der Waals surface area contributed by atoms with Crippen LogP contribution in [0.1, 0.15) is 13.0 Å². The van der Waals surface area contributed by atoms with Gasteiger partial charge in [-0.15, -0.1) is 5.10 Å². The zero-order chi connectivity index (χ0) is 14.9. The summed E-state index contributed by atoms with van der Waals surface area (Å²) >= 11 is 6.12. The molecule has 1 atom stereocenters. The molecule has 7 nitrogen and oxygen atoms in total. The van der Waals surface area contributed by atoms with Crippen molar-refractivity contribution in [2.75, 3.05) is 17.7 Å². The highest BCUT2D eigenvalue weighted by Gasteiger charge is 2.20. The highest BCUT2D eigenvalue weighted by molar-refractivity contribution is 7.90. The van der Waals surface area contributed by atoms with Crippen LogP contribution in [0.25, 0.3) is 11.4 Å². The summed E-state index contributed by atoms with van der Waals surface area (Å²) in [5, 5.41) is 11.8. The number of sulfone groups is 1. The monoisotopic (exact) mass is 315 g/mol. The molecular weight excluding hydrogens is 302 g/mol. The topological polar surface area (TPSA) is 104 Å². The van der Waals surface area contributed by atoms with Crippen molar-refractivity contribution in [1.82, 2.24) is 20.2 Å². The maximum atomic E-state index is 11.4. The van der Waals surface area contributed by atoms with Gasteiger partial charge in [-0.2, -0.15) is 0 Å². The molecule has 1 aromatic carbocycles. The van der Waals surface area contributed by atoms with Crippen LogP contribution in [0.2, 0.25) is 5.02 Å². The molecule has 0 amide bonds. The van der Waals surface area contributed by atoms with Gasteiger partial charge in [0.15, 0.2) is 5.82 Å². The lowest BCUT2D eigenvalue weighted by Gasteiger charge is -2.13. The third-order valence-corrected chi connectivity index (χ3v) is 4.09. The highest BCUT2D eigenvalue weighted by Crippen LogP contribution is 2.29. The molecule has 1 unspecified atom stereocenters. The van der Waals surface area contributed by atoms with Crippen molar-refractivity contribution in [3.8, 4) is 11.4 Å². The Balaban J connectivity index is 2.42. The van der Waals surface area contributed by atoms with Crippen molar-refractivity contribution in [2.24, 2.45) is 0 Å². The second-order valence-electron chi connectivity index (χ2n) is 4.63. The largest absolute Gasteiger partial charge is 0.399 e. The van der Waals surface area contributed by atoms with Crippen LogP contribution in [-0.4, -0.2) is 40.6 Å². The van der Waals surface area contributed by atoms with E-state index in [4.69, 9.17) is 17.3 Å². The van der Waals surface area contributed by atoms with E-state index in [1.54, 1.807) is 25.1 Å². The Bertz CT molecular complexity index is 728. The number of nitrogens with zero attached hydrogens (tertiary/aromatic N) is 4. The highest BCUT2D eigenvalue weighted by atomic mass is 35.5. The second-order valence-corrected chi connectivity index (χ2v) is 7.22. The van der Waals surface area contributed by atoms with Gasteiger partial charge in [0.05, 0.1) is 16.8 Å². The molecule has 20 heavy (non-hydrogen) atoms. The zero-order valence-corrected chi connectivity index (χ0v) is 12.6. The quantitative estimate of drug-likeness (QED) is 0.850. The first-order chi connectivity index (χ1) is 9.28. The van der Waals surface area contributed by atoms with E-state index in [9.17, 15) is 8.42 Å². The molecule has 2 aromatic rings. The molecule has 0 bridgehead atoms. The van der Waals surface area contributed by atoms with Crippen LogP contribution < -0.4 is 5.73 Å². The van der Waals surface area contributed by atoms with Gasteiger partial charge in [0.25, 0.3) is 0 Å². The summed E-state index contributed by atoms with van der Waals surface area (Å²) in [6, 6.07) is 4.58. The summed E-state index contributed by atoms with van der Waals surface area (Å²) in [6.07, 6.45) is 1.17. The number of hydrogen-bond acceptors (Lipinski definition) is 6. The molecule has 1 aromatic heterocycles. The molecule has 0 aliphatic carbocycles. The van der Waals surface area contributed by atoms with Crippen LogP contribution in [0.15, 0.2) is 18.2 Å². The van der Waals surface area contributed by atoms with Gasteiger partial charge >= 0.3 is 0 Å². The minimum absolute atomic E-state index is 0.0579. The predicted octanol–water partition coefficient (Wildman–Crippen LogP) is 1.18. The predicted molar refractivity (Wildman–Crippen MR) is 77.1 cm³/mol. The molecular formula is C11H14ClN5O2S. The number of hydrogen-bond donors (Lipinski definition) is 1. The Morgan fingerprint density at radius 3 is 2.75 bits per heavy atom. The summed E-state index contributed by atoms with van der Waals surface area (Å²) in [6.45, 7) is 1.73. The van der Waals surface area contributed by atoms with Crippen molar-refractivity contribution < 1.29 is 8.42 Å². The summed E-state index contributed by atoms with van der Waals surface area (Å²) in [5.74, 6) is 0.351. The number of benzene rings is 1. The van der Waals surface area contributed by atoms with Crippen LogP contribution in [0.4, 0.5) is 5.69 Å². The standard InChI is InChI=1S/C11H14ClN5O2S/c1-7(6-20(2,18)19)17-11(14-15-16-17)9-4-3-8(13)5-10(9)12/h3-5,7H,6,13H2,1-2H3. The van der Waals surface area contributed by atoms with E-state index in [-0.39, 0.29) is 5.75 Å². The maximum Gasteiger partial charge on any atom is 0.183 e. The van der Waals surface area contributed by atoms with Gasteiger partial charge in [-0.25, -0.2) is 13.1 Å². The average Bonchev–Trinajstić information content (AvgIpc) is 2.75. The number of halogens is 1. The van der Waals surface area contributed by atoms with Crippen molar-refractivity contribution in [3.05, 3.63) is 23.2 Å². The van der Waals surface area contributed by atoms with Crippen LogP contribution >= 0.6 is 11.6 Å². The molecule has 0 aliphatic rings. The number of nitrogen functional groups attached to an aromatic ring is 1. The molecule has 0 saturated carbocycles. The number of tetrazole rings is 1. The van der Waals surface area contributed by atoms with E-state index in [2.05, 4.69) is 15.5 Å². The van der Waals surface area contributed by atoms with Crippen LogP contribution in [0.3, 0.4) is 0 Å². The van der Waals surface area contributed by atoms with E-state index >= 15 is 0 Å². The van der Waals surface area contributed by atoms with Crippen molar-refractivity contribution in [2.45, 2.75) is 13.0 Å². The van der Waals surface area contributed by atoms with Crippen molar-refractivity contribution >= 4 is 27.1 Å². The smallest absolute Gasteiger partial charge is 0.183 e. The SMILES string of the molecule is CC(CS(C)(=O)=O)n1nnnc1-c1ccc(N)cc1Cl. The first-order valence-corrected chi connectivity index (χ1v) is 8.23. The zero-order valence-electron chi connectivity index (χ0n) is 11.0. The lowest BCUT2D eigenvalue weighted by molar-refractivity contribution is 0.509. The summed E-state index contributed by atoms with van der Waals surface area (Å²) in [7, 11) is -3.13. The van der Waals surface area contributed by atoms with E-state index in [0.717, 1.165) is 0 Å². The molecule has 0 fully saturated rings. The van der Waals surface area contributed by atoms with Crippen molar-refractivity contribution in [3.63, 3.8) is 0 Å². The Morgan fingerprint density at radius 2 is 2.15 bits per heavy atom. The Hall–Kier alpha value is -1.67. The molecule has 0 aliphatic heterocycles. The van der Waals surface area contributed by atoms with Gasteiger partial charge in [-0.1, -0.05) is 11.6 Å².